The van der Waals surface area contributed by atoms with Gasteiger partial charge in [0.25, 0.3) is 5.91 Å². The van der Waals surface area contributed by atoms with E-state index in [2.05, 4.69) is 64.4 Å². The molecule has 4 aromatic rings. The number of piperidine rings is 2. The summed E-state index contributed by atoms with van der Waals surface area (Å²) >= 11 is 0. The molecule has 4 amide bonds. The van der Waals surface area contributed by atoms with Crippen LogP contribution in [0, 0.1) is 11.3 Å². The van der Waals surface area contributed by atoms with Gasteiger partial charge in [-0.15, -0.1) is 0 Å². The molecule has 0 radical (unpaired) electrons. The average Bonchev–Trinajstić information content (AvgIpc) is 3.87. The summed E-state index contributed by atoms with van der Waals surface area (Å²) in [7, 11) is 0. The zero-order chi connectivity index (χ0) is 44.7. The third-order valence-electron chi connectivity index (χ3n) is 14.0. The van der Waals surface area contributed by atoms with Crippen LogP contribution >= 0.6 is 0 Å². The van der Waals surface area contributed by atoms with Crippen molar-refractivity contribution in [3.8, 4) is 6.07 Å². The van der Waals surface area contributed by atoms with E-state index in [0.29, 0.717) is 75.2 Å². The number of nitrogens with zero attached hydrogens (tertiary/aromatic N) is 5. The minimum Gasteiger partial charge on any atom is -0.382 e. The molecule has 5 heterocycles. The fraction of sp³-hybridized carbons (Fsp3) is 0.469. The predicted molar refractivity (Wildman–Crippen MR) is 240 cm³/mol. The lowest BCUT2D eigenvalue weighted by molar-refractivity contribution is -0.139. The van der Waals surface area contributed by atoms with Gasteiger partial charge in [-0.05, 0) is 73.2 Å². The first kappa shape index (κ1) is 43.2. The van der Waals surface area contributed by atoms with Gasteiger partial charge in [0.05, 0.1) is 37.0 Å². The van der Waals surface area contributed by atoms with Crippen LogP contribution in [0.5, 0.6) is 0 Å². The highest BCUT2D eigenvalue weighted by Crippen LogP contribution is 2.46. The van der Waals surface area contributed by atoms with E-state index in [1.165, 1.54) is 16.2 Å². The van der Waals surface area contributed by atoms with Crippen LogP contribution in [0.15, 0.2) is 48.5 Å². The van der Waals surface area contributed by atoms with Gasteiger partial charge in [-0.1, -0.05) is 32.9 Å². The van der Waals surface area contributed by atoms with Crippen LogP contribution in [-0.2, 0) is 42.2 Å². The van der Waals surface area contributed by atoms with Crippen molar-refractivity contribution in [3.63, 3.8) is 0 Å². The molecule has 334 valence electrons. The first-order valence-corrected chi connectivity index (χ1v) is 22.7. The van der Waals surface area contributed by atoms with Crippen LogP contribution in [0.2, 0.25) is 0 Å². The summed E-state index contributed by atoms with van der Waals surface area (Å²) in [6, 6.07) is 17.4. The van der Waals surface area contributed by atoms with Crippen LogP contribution < -0.4 is 15.5 Å². The number of nitriles is 1. The minimum absolute atomic E-state index is 0.0117. The van der Waals surface area contributed by atoms with Crippen molar-refractivity contribution in [1.29, 1.82) is 5.26 Å². The molecule has 15 heteroatoms. The number of aromatic amines is 1. The molecule has 5 aliphatic rings. The third kappa shape index (κ3) is 8.03. The SMILES string of the molecule is CCc1cc2c(cc1N1CCC(N3CCN(C(=O)COCCOCCNc4cccc5c4CN(C4CCC(=O)NC4=O)C5=O)CC3)CC1)C(C)(C)c1[nH]c3cc(C#N)ccc3c1C2=O. The Labute approximate surface area is 373 Å². The normalized spacial score (nSPS) is 20.0. The number of carbonyl (C=O) groups excluding carboxylic acids is 5. The second-order valence-corrected chi connectivity index (χ2v) is 18.0. The molecule has 1 aliphatic carbocycles. The Morgan fingerprint density at radius 1 is 0.922 bits per heavy atom. The van der Waals surface area contributed by atoms with E-state index in [4.69, 9.17) is 9.47 Å². The molecule has 0 spiro atoms. The number of piperazine rings is 1. The Balaban J connectivity index is 0.695. The lowest BCUT2D eigenvalue weighted by Gasteiger charge is -2.44. The number of carbonyl (C=O) groups is 5. The van der Waals surface area contributed by atoms with Crippen LogP contribution in [-0.4, -0.2) is 133 Å². The number of anilines is 2. The number of aromatic nitrogens is 1. The first-order valence-electron chi connectivity index (χ1n) is 22.7. The smallest absolute Gasteiger partial charge is 0.255 e. The summed E-state index contributed by atoms with van der Waals surface area (Å²) in [5.41, 5.74) is 8.95. The predicted octanol–water partition coefficient (Wildman–Crippen LogP) is 4.49. The highest BCUT2D eigenvalue weighted by atomic mass is 16.5. The van der Waals surface area contributed by atoms with E-state index >= 15 is 0 Å². The highest BCUT2D eigenvalue weighted by Gasteiger charge is 2.42. The van der Waals surface area contributed by atoms with Gasteiger partial charge in [0.15, 0.2) is 5.78 Å². The number of hydrogen-bond donors (Lipinski definition) is 3. The maximum Gasteiger partial charge on any atom is 0.255 e. The third-order valence-corrected chi connectivity index (χ3v) is 14.0. The Bertz CT molecular complexity index is 2560. The average molecular weight is 869 g/mol. The van der Waals surface area contributed by atoms with Gasteiger partial charge < -0.3 is 34.5 Å². The molecule has 3 saturated heterocycles. The Morgan fingerprint density at radius 2 is 1.70 bits per heavy atom. The van der Waals surface area contributed by atoms with Gasteiger partial charge in [-0.2, -0.15) is 5.26 Å². The van der Waals surface area contributed by atoms with Gasteiger partial charge in [0, 0.05) is 115 Å². The minimum atomic E-state index is -0.660. The molecule has 3 aromatic carbocycles. The number of imide groups is 1. The van der Waals surface area contributed by atoms with Crippen LogP contribution in [0.3, 0.4) is 0 Å². The zero-order valence-electron chi connectivity index (χ0n) is 36.9. The number of nitrogens with one attached hydrogen (secondary N) is 3. The second-order valence-electron chi connectivity index (χ2n) is 18.0. The monoisotopic (exact) mass is 868 g/mol. The second kappa shape index (κ2) is 17.8. The quantitative estimate of drug-likeness (QED) is 0.127. The van der Waals surface area contributed by atoms with Crippen molar-refractivity contribution in [2.75, 3.05) is 82.5 Å². The van der Waals surface area contributed by atoms with E-state index in [1.54, 1.807) is 12.1 Å². The first-order chi connectivity index (χ1) is 31.0. The fourth-order valence-electron chi connectivity index (χ4n) is 10.4. The van der Waals surface area contributed by atoms with Gasteiger partial charge in [-0.25, -0.2) is 0 Å². The summed E-state index contributed by atoms with van der Waals surface area (Å²) in [6.45, 7) is 13.2. The van der Waals surface area contributed by atoms with Crippen molar-refractivity contribution in [2.24, 2.45) is 0 Å². The number of aryl methyl sites for hydroxylation is 1. The van der Waals surface area contributed by atoms with Crippen LogP contribution in [0.4, 0.5) is 11.4 Å². The topological polar surface area (TPSA) is 180 Å². The molecule has 9 rings (SSSR count). The summed E-state index contributed by atoms with van der Waals surface area (Å²) < 4.78 is 11.4. The van der Waals surface area contributed by atoms with Crippen molar-refractivity contribution in [2.45, 2.75) is 76.9 Å². The van der Waals surface area contributed by atoms with E-state index < -0.39 is 17.4 Å². The summed E-state index contributed by atoms with van der Waals surface area (Å²) in [4.78, 5) is 76.3. The van der Waals surface area contributed by atoms with E-state index in [1.807, 2.05) is 29.2 Å². The molecule has 15 nitrogen and oxygen atoms in total. The highest BCUT2D eigenvalue weighted by molar-refractivity contribution is 6.20. The largest absolute Gasteiger partial charge is 0.382 e. The molecule has 1 unspecified atom stereocenters. The number of amides is 4. The summed E-state index contributed by atoms with van der Waals surface area (Å²) in [5.74, 6) is -0.926. The number of fused-ring (bicyclic) bond motifs is 5. The van der Waals surface area contributed by atoms with Gasteiger partial charge in [0.2, 0.25) is 17.7 Å². The Kier molecular flexibility index (Phi) is 12.0. The maximum absolute atomic E-state index is 14.1. The number of H-pyrrole nitrogens is 1. The molecule has 0 bridgehead atoms. The molecule has 64 heavy (non-hydrogen) atoms. The van der Waals surface area contributed by atoms with E-state index in [0.717, 1.165) is 84.4 Å². The lowest BCUT2D eigenvalue weighted by atomic mass is 9.70. The zero-order valence-corrected chi connectivity index (χ0v) is 36.9. The van der Waals surface area contributed by atoms with Crippen LogP contribution in [0.1, 0.15) is 101 Å². The summed E-state index contributed by atoms with van der Waals surface area (Å²) in [6.07, 6.45) is 3.41. The number of ether oxygens (including phenoxy) is 2. The Morgan fingerprint density at radius 3 is 2.45 bits per heavy atom. The van der Waals surface area contributed by atoms with E-state index in [-0.39, 0.29) is 36.5 Å². The maximum atomic E-state index is 14.1. The number of ketones is 1. The number of benzene rings is 3. The van der Waals surface area contributed by atoms with Gasteiger partial charge >= 0.3 is 0 Å². The lowest BCUT2D eigenvalue weighted by Crippen LogP contribution is -2.55. The number of hydrogen-bond acceptors (Lipinski definition) is 11. The molecule has 4 aliphatic heterocycles. The van der Waals surface area contributed by atoms with Crippen LogP contribution in [0.25, 0.3) is 10.9 Å². The van der Waals surface area contributed by atoms with Gasteiger partial charge in [0.1, 0.15) is 12.6 Å². The van der Waals surface area contributed by atoms with Crippen molar-refractivity contribution in [1.82, 2.24) is 25.0 Å². The molecule has 3 N–H and O–H groups in total. The fourth-order valence-corrected chi connectivity index (χ4v) is 10.4. The van der Waals surface area contributed by atoms with Crippen molar-refractivity contribution in [3.05, 3.63) is 93.2 Å². The molecule has 0 saturated carbocycles. The summed E-state index contributed by atoms with van der Waals surface area (Å²) in [5, 5.41) is 16.0. The standard InChI is InChI=1S/C49H56N8O7/c1-4-31-25-35-37(49(2,3)46-44(45(35)60)34-9-8-30(27-50)24-39(34)52-46)26-41(31)55-15-12-32(13-16-55)54-17-19-56(20-18-54)43(59)29-64-23-22-63-21-14-51-38-7-5-6-33-36(38)28-57(48(33)62)40-10-11-42(58)53-47(40)61/h5-9,24-26,32,40,51-52H,4,10-23,28-29H2,1-3H3,(H,53,58,61). The molecular weight excluding hydrogens is 813 g/mol. The Hall–Kier alpha value is -6.08. The molecule has 1 aromatic heterocycles. The van der Waals surface area contributed by atoms with Crippen molar-refractivity contribution >= 4 is 51.7 Å². The van der Waals surface area contributed by atoms with Gasteiger partial charge in [-0.3, -0.25) is 34.2 Å². The van der Waals surface area contributed by atoms with E-state index in [9.17, 15) is 29.2 Å². The molecule has 3 fully saturated rings. The number of rotatable bonds is 13. The molecular formula is C49H56N8O7. The molecule has 1 atom stereocenters. The van der Waals surface area contributed by atoms with Crippen molar-refractivity contribution < 1.29 is 33.4 Å².